The third-order valence-corrected chi connectivity index (χ3v) is 4.69. The number of ketones is 2. The molecule has 0 amide bonds. The van der Waals surface area contributed by atoms with Crippen LogP contribution in [-0.2, 0) is 14.4 Å². The largest absolute Gasteiger partial charge is 0.396 e. The van der Waals surface area contributed by atoms with E-state index in [9.17, 15) is 9.59 Å². The number of nitrogens with zero attached hydrogens (tertiary/aromatic N) is 1. The average molecular weight is 329 g/mol. The third-order valence-electron chi connectivity index (χ3n) is 4.69. The molecule has 1 aromatic carbocycles. The zero-order valence-electron chi connectivity index (χ0n) is 15.3. The average Bonchev–Trinajstić information content (AvgIpc) is 2.48. The van der Waals surface area contributed by atoms with Crippen molar-refractivity contribution < 1.29 is 14.4 Å². The summed E-state index contributed by atoms with van der Waals surface area (Å²) in [7, 11) is 0. The van der Waals surface area contributed by atoms with Crippen molar-refractivity contribution in [3.63, 3.8) is 0 Å². The van der Waals surface area contributed by atoms with Gasteiger partial charge in [0.2, 0.25) is 0 Å². The van der Waals surface area contributed by atoms with Gasteiger partial charge in [-0.3, -0.25) is 9.59 Å². The Bertz CT molecular complexity index is 634. The lowest BCUT2D eigenvalue weighted by molar-refractivity contribution is -0.133. The smallest absolute Gasteiger partial charge is 0.149 e. The molecule has 0 heterocycles. The van der Waals surface area contributed by atoms with Crippen LogP contribution in [0.3, 0.4) is 0 Å². The summed E-state index contributed by atoms with van der Waals surface area (Å²) < 4.78 is 0. The molecule has 130 valence electrons. The zero-order chi connectivity index (χ0) is 17.9. The lowest BCUT2D eigenvalue weighted by Gasteiger charge is -2.29. The fourth-order valence-electron chi connectivity index (χ4n) is 3.85. The topological polar surface area (TPSA) is 55.7 Å². The molecule has 0 aromatic heterocycles. The van der Waals surface area contributed by atoms with Gasteiger partial charge in [-0.15, -0.1) is 0 Å². The Morgan fingerprint density at radius 2 is 1.62 bits per heavy atom. The number of rotatable bonds is 5. The Morgan fingerprint density at radius 1 is 1.08 bits per heavy atom. The summed E-state index contributed by atoms with van der Waals surface area (Å²) in [6.07, 6.45) is 1.34. The standard InChI is InChI=1S/C20H27NO3/c1-6-16(21-24-7-2)20-17(22)10-15(11-18(20)23)19-13(4)8-12(3)9-14(19)5/h8-9,15,20H,6-7,10-11H2,1-5H3/b21-16+. The van der Waals surface area contributed by atoms with Crippen LogP contribution in [0.2, 0.25) is 0 Å². The van der Waals surface area contributed by atoms with E-state index in [2.05, 4.69) is 38.1 Å². The summed E-state index contributed by atoms with van der Waals surface area (Å²) in [5, 5.41) is 4.00. The van der Waals surface area contributed by atoms with Crippen LogP contribution in [0, 0.1) is 26.7 Å². The molecule has 1 fully saturated rings. The van der Waals surface area contributed by atoms with Crippen LogP contribution in [0.1, 0.15) is 61.3 Å². The van der Waals surface area contributed by atoms with E-state index in [0.717, 1.165) is 16.7 Å². The number of benzene rings is 1. The molecule has 1 aliphatic carbocycles. The van der Waals surface area contributed by atoms with Crippen molar-refractivity contribution in [3.05, 3.63) is 34.4 Å². The molecular formula is C20H27NO3. The van der Waals surface area contributed by atoms with Crippen molar-refractivity contribution in [2.45, 2.75) is 59.8 Å². The van der Waals surface area contributed by atoms with Gasteiger partial charge >= 0.3 is 0 Å². The molecular weight excluding hydrogens is 302 g/mol. The molecule has 4 nitrogen and oxygen atoms in total. The van der Waals surface area contributed by atoms with Crippen LogP contribution in [0.25, 0.3) is 0 Å². The first kappa shape index (κ1) is 18.4. The van der Waals surface area contributed by atoms with Crippen molar-refractivity contribution in [2.75, 3.05) is 6.61 Å². The van der Waals surface area contributed by atoms with Gasteiger partial charge in [0.25, 0.3) is 0 Å². The van der Waals surface area contributed by atoms with Gasteiger partial charge in [-0.1, -0.05) is 29.8 Å². The summed E-state index contributed by atoms with van der Waals surface area (Å²) in [5.41, 5.74) is 5.24. The van der Waals surface area contributed by atoms with Gasteiger partial charge in [0, 0.05) is 12.8 Å². The quantitative estimate of drug-likeness (QED) is 0.465. The van der Waals surface area contributed by atoms with Crippen molar-refractivity contribution in [1.82, 2.24) is 0 Å². The number of aryl methyl sites for hydroxylation is 3. The maximum Gasteiger partial charge on any atom is 0.149 e. The number of oxime groups is 1. The molecule has 4 heteroatoms. The summed E-state index contributed by atoms with van der Waals surface area (Å²) in [6.45, 7) is 10.4. The van der Waals surface area contributed by atoms with Gasteiger partial charge in [0.1, 0.15) is 24.1 Å². The molecule has 1 aromatic rings. The molecule has 24 heavy (non-hydrogen) atoms. The summed E-state index contributed by atoms with van der Waals surface area (Å²) >= 11 is 0. The fourth-order valence-corrected chi connectivity index (χ4v) is 3.85. The molecule has 0 spiro atoms. The van der Waals surface area contributed by atoms with Crippen LogP contribution in [0.4, 0.5) is 0 Å². The molecule has 2 rings (SSSR count). The van der Waals surface area contributed by atoms with Crippen LogP contribution >= 0.6 is 0 Å². The number of hydrogen-bond acceptors (Lipinski definition) is 4. The van der Waals surface area contributed by atoms with E-state index in [1.807, 2.05) is 13.8 Å². The highest BCUT2D eigenvalue weighted by Crippen LogP contribution is 2.36. The van der Waals surface area contributed by atoms with Gasteiger partial charge in [0.15, 0.2) is 0 Å². The SMILES string of the molecule is CCO/N=C(\CC)C1C(=O)CC(c2c(C)cc(C)cc2C)CC1=O. The number of Topliss-reactive ketones (excluding diaryl/α,β-unsaturated/α-hetero) is 2. The summed E-state index contributed by atoms with van der Waals surface area (Å²) in [5.74, 6) is -0.803. The molecule has 0 saturated heterocycles. The van der Waals surface area contributed by atoms with Gasteiger partial charge < -0.3 is 4.84 Å². The maximum absolute atomic E-state index is 12.7. The summed E-state index contributed by atoms with van der Waals surface area (Å²) in [4.78, 5) is 30.5. The summed E-state index contributed by atoms with van der Waals surface area (Å²) in [6, 6.07) is 4.24. The lowest BCUT2D eigenvalue weighted by atomic mass is 9.73. The van der Waals surface area contributed by atoms with Crippen LogP contribution < -0.4 is 0 Å². The predicted octanol–water partition coefficient (Wildman–Crippen LogP) is 4.05. The molecule has 0 aliphatic heterocycles. The monoisotopic (exact) mass is 329 g/mol. The van der Waals surface area contributed by atoms with E-state index >= 15 is 0 Å². The van der Waals surface area contributed by atoms with Crippen LogP contribution in [-0.4, -0.2) is 23.9 Å². The van der Waals surface area contributed by atoms with E-state index in [-0.39, 0.29) is 17.5 Å². The van der Waals surface area contributed by atoms with Gasteiger partial charge in [0.05, 0.1) is 5.71 Å². The van der Waals surface area contributed by atoms with E-state index in [4.69, 9.17) is 4.84 Å². The first-order valence-electron chi connectivity index (χ1n) is 8.70. The minimum atomic E-state index is -0.719. The molecule has 0 N–H and O–H groups in total. The highest BCUT2D eigenvalue weighted by molar-refractivity contribution is 6.22. The van der Waals surface area contributed by atoms with E-state index in [1.165, 1.54) is 5.56 Å². The number of carbonyl (C=O) groups is 2. The Morgan fingerprint density at radius 3 is 2.08 bits per heavy atom. The van der Waals surface area contributed by atoms with Crippen LogP contribution in [0.5, 0.6) is 0 Å². The van der Waals surface area contributed by atoms with E-state index in [1.54, 1.807) is 0 Å². The second-order valence-corrected chi connectivity index (χ2v) is 6.64. The first-order chi connectivity index (χ1) is 11.4. The molecule has 1 aliphatic rings. The fraction of sp³-hybridized carbons (Fsp3) is 0.550. The predicted molar refractivity (Wildman–Crippen MR) is 95.5 cm³/mol. The second-order valence-electron chi connectivity index (χ2n) is 6.64. The Kier molecular flexibility index (Phi) is 5.92. The van der Waals surface area contributed by atoms with Crippen LogP contribution in [0.15, 0.2) is 17.3 Å². The van der Waals surface area contributed by atoms with Crippen molar-refractivity contribution in [3.8, 4) is 0 Å². The minimum Gasteiger partial charge on any atom is -0.396 e. The normalized spacial score (nSPS) is 22.0. The number of carbonyl (C=O) groups excluding carboxylic acids is 2. The highest BCUT2D eigenvalue weighted by Gasteiger charge is 2.39. The van der Waals surface area contributed by atoms with E-state index < -0.39 is 5.92 Å². The van der Waals surface area contributed by atoms with Crippen molar-refractivity contribution in [1.29, 1.82) is 0 Å². The Hall–Kier alpha value is -1.97. The zero-order valence-corrected chi connectivity index (χ0v) is 15.3. The van der Waals surface area contributed by atoms with Gasteiger partial charge in [-0.25, -0.2) is 0 Å². The van der Waals surface area contributed by atoms with E-state index in [0.29, 0.717) is 31.6 Å². The molecule has 0 radical (unpaired) electrons. The molecule has 0 unspecified atom stereocenters. The Labute approximate surface area is 144 Å². The molecule has 0 atom stereocenters. The van der Waals surface area contributed by atoms with Crippen molar-refractivity contribution >= 4 is 17.3 Å². The number of hydrogen-bond donors (Lipinski definition) is 0. The molecule has 0 bridgehead atoms. The molecule has 1 saturated carbocycles. The Balaban J connectivity index is 2.28. The van der Waals surface area contributed by atoms with Crippen molar-refractivity contribution in [2.24, 2.45) is 11.1 Å². The second kappa shape index (κ2) is 7.73. The lowest BCUT2D eigenvalue weighted by Crippen LogP contribution is -2.38. The highest BCUT2D eigenvalue weighted by atomic mass is 16.6. The minimum absolute atomic E-state index is 0.0213. The van der Waals surface area contributed by atoms with Gasteiger partial charge in [-0.05, 0) is 56.7 Å². The first-order valence-corrected chi connectivity index (χ1v) is 8.70. The van der Waals surface area contributed by atoms with Gasteiger partial charge in [-0.2, -0.15) is 0 Å². The maximum atomic E-state index is 12.7. The third kappa shape index (κ3) is 3.74.